The third kappa shape index (κ3) is 2.30. The van der Waals surface area contributed by atoms with Crippen LogP contribution in [-0.4, -0.2) is 14.5 Å². The summed E-state index contributed by atoms with van der Waals surface area (Å²) in [5.74, 6) is 0. The van der Waals surface area contributed by atoms with Crippen molar-refractivity contribution in [2.75, 3.05) is 5.73 Å². The van der Waals surface area contributed by atoms with E-state index >= 15 is 0 Å². The van der Waals surface area contributed by atoms with E-state index in [0.29, 0.717) is 11.3 Å². The molecule has 0 amide bonds. The first kappa shape index (κ1) is 12.4. The van der Waals surface area contributed by atoms with Gasteiger partial charge in [-0.25, -0.2) is 13.1 Å². The Labute approximate surface area is 102 Å². The molecular formula is C12H18N2O2S. The zero-order valence-corrected chi connectivity index (χ0v) is 11.1. The number of anilines is 1. The van der Waals surface area contributed by atoms with E-state index in [1.807, 2.05) is 13.8 Å². The minimum Gasteiger partial charge on any atom is -0.398 e. The second-order valence-corrected chi connectivity index (χ2v) is 7.01. The monoisotopic (exact) mass is 254 g/mol. The molecule has 0 heterocycles. The Balaban J connectivity index is 2.33. The summed E-state index contributed by atoms with van der Waals surface area (Å²) in [5, 5.41) is 0. The third-order valence-electron chi connectivity index (χ3n) is 3.32. The van der Waals surface area contributed by atoms with Gasteiger partial charge in [0.05, 0.1) is 5.69 Å². The van der Waals surface area contributed by atoms with E-state index in [4.69, 9.17) is 5.73 Å². The lowest BCUT2D eigenvalue weighted by molar-refractivity contribution is 0.555. The standard InChI is InChI=1S/C12H18N2O2S/c1-8-5-4-6-9(13)11(8)17(15,16)14-10-7-12(10,2)3/h4-6,10,14H,7,13H2,1-3H3. The van der Waals surface area contributed by atoms with Crippen molar-refractivity contribution in [1.82, 2.24) is 4.72 Å². The van der Waals surface area contributed by atoms with Gasteiger partial charge in [0, 0.05) is 6.04 Å². The van der Waals surface area contributed by atoms with Crippen molar-refractivity contribution in [3.63, 3.8) is 0 Å². The zero-order valence-electron chi connectivity index (χ0n) is 10.3. The van der Waals surface area contributed by atoms with E-state index in [9.17, 15) is 8.42 Å². The van der Waals surface area contributed by atoms with Gasteiger partial charge < -0.3 is 5.73 Å². The van der Waals surface area contributed by atoms with Crippen LogP contribution in [0.15, 0.2) is 23.1 Å². The van der Waals surface area contributed by atoms with E-state index in [2.05, 4.69) is 4.72 Å². The number of aryl methyl sites for hydroxylation is 1. The minimum atomic E-state index is -3.50. The fraction of sp³-hybridized carbons (Fsp3) is 0.500. The van der Waals surface area contributed by atoms with Gasteiger partial charge in [0.25, 0.3) is 0 Å². The van der Waals surface area contributed by atoms with Crippen LogP contribution in [0.25, 0.3) is 0 Å². The molecule has 1 aliphatic rings. The van der Waals surface area contributed by atoms with Crippen molar-refractivity contribution in [3.8, 4) is 0 Å². The van der Waals surface area contributed by atoms with Gasteiger partial charge in [-0.2, -0.15) is 0 Å². The largest absolute Gasteiger partial charge is 0.398 e. The fourth-order valence-electron chi connectivity index (χ4n) is 1.96. The average molecular weight is 254 g/mol. The average Bonchev–Trinajstić information content (AvgIpc) is 2.70. The first-order chi connectivity index (χ1) is 7.74. The van der Waals surface area contributed by atoms with Gasteiger partial charge in [-0.3, -0.25) is 0 Å². The highest BCUT2D eigenvalue weighted by Crippen LogP contribution is 2.45. The Kier molecular flexibility index (Phi) is 2.71. The van der Waals surface area contributed by atoms with Gasteiger partial charge in [0.15, 0.2) is 0 Å². The molecule has 17 heavy (non-hydrogen) atoms. The number of nitrogens with one attached hydrogen (secondary N) is 1. The molecule has 0 aromatic heterocycles. The number of nitrogens with two attached hydrogens (primary N) is 1. The number of hydrogen-bond acceptors (Lipinski definition) is 3. The summed E-state index contributed by atoms with van der Waals surface area (Å²) in [5.41, 5.74) is 6.79. The second-order valence-electron chi connectivity index (χ2n) is 5.36. The molecule has 1 unspecified atom stereocenters. The van der Waals surface area contributed by atoms with Crippen LogP contribution in [0.1, 0.15) is 25.8 Å². The van der Waals surface area contributed by atoms with Gasteiger partial charge in [0.2, 0.25) is 10.0 Å². The Morgan fingerprint density at radius 2 is 2.00 bits per heavy atom. The number of sulfonamides is 1. The van der Waals surface area contributed by atoms with Crippen LogP contribution in [0.4, 0.5) is 5.69 Å². The van der Waals surface area contributed by atoms with Gasteiger partial charge in [-0.15, -0.1) is 0 Å². The van der Waals surface area contributed by atoms with Crippen LogP contribution in [0.3, 0.4) is 0 Å². The Morgan fingerprint density at radius 3 is 2.47 bits per heavy atom. The quantitative estimate of drug-likeness (QED) is 0.806. The summed E-state index contributed by atoms with van der Waals surface area (Å²) in [6, 6.07) is 5.14. The summed E-state index contributed by atoms with van der Waals surface area (Å²) in [4.78, 5) is 0.211. The molecule has 0 bridgehead atoms. The molecule has 4 nitrogen and oxygen atoms in total. The van der Waals surface area contributed by atoms with Crippen LogP contribution < -0.4 is 10.5 Å². The van der Waals surface area contributed by atoms with Gasteiger partial charge in [-0.1, -0.05) is 26.0 Å². The topological polar surface area (TPSA) is 72.2 Å². The van der Waals surface area contributed by atoms with Crippen LogP contribution in [-0.2, 0) is 10.0 Å². The first-order valence-electron chi connectivity index (χ1n) is 5.61. The maximum absolute atomic E-state index is 12.2. The lowest BCUT2D eigenvalue weighted by Crippen LogP contribution is -2.29. The molecule has 0 spiro atoms. The summed E-state index contributed by atoms with van der Waals surface area (Å²) >= 11 is 0. The molecule has 94 valence electrons. The summed E-state index contributed by atoms with van der Waals surface area (Å²) in [6.45, 7) is 5.84. The van der Waals surface area contributed by atoms with Crippen LogP contribution >= 0.6 is 0 Å². The SMILES string of the molecule is Cc1cccc(N)c1S(=O)(=O)NC1CC1(C)C. The molecule has 2 rings (SSSR count). The van der Waals surface area contributed by atoms with E-state index in [1.54, 1.807) is 25.1 Å². The highest BCUT2D eigenvalue weighted by Gasteiger charge is 2.48. The summed E-state index contributed by atoms with van der Waals surface area (Å²) in [7, 11) is -3.50. The van der Waals surface area contributed by atoms with E-state index in [1.165, 1.54) is 0 Å². The molecule has 1 aliphatic carbocycles. The smallest absolute Gasteiger partial charge is 0.243 e. The summed E-state index contributed by atoms with van der Waals surface area (Å²) in [6.07, 6.45) is 0.873. The number of benzene rings is 1. The van der Waals surface area contributed by atoms with Crippen LogP contribution in [0, 0.1) is 12.3 Å². The lowest BCUT2D eigenvalue weighted by atomic mass is 10.2. The molecule has 0 saturated heterocycles. The number of rotatable bonds is 3. The van der Waals surface area contributed by atoms with Gasteiger partial charge in [-0.05, 0) is 30.4 Å². The molecule has 5 heteroatoms. The highest BCUT2D eigenvalue weighted by atomic mass is 32.2. The minimum absolute atomic E-state index is 0.0199. The number of nitrogen functional groups attached to an aromatic ring is 1. The van der Waals surface area contributed by atoms with Crippen LogP contribution in [0.5, 0.6) is 0 Å². The lowest BCUT2D eigenvalue weighted by Gasteiger charge is -2.12. The normalized spacial score (nSPS) is 22.4. The second kappa shape index (κ2) is 3.71. The maximum atomic E-state index is 12.2. The molecule has 0 radical (unpaired) electrons. The Bertz CT molecular complexity index is 529. The van der Waals surface area contributed by atoms with Crippen molar-refractivity contribution < 1.29 is 8.42 Å². The molecule has 1 aromatic carbocycles. The van der Waals surface area contributed by atoms with Crippen molar-refractivity contribution >= 4 is 15.7 Å². The Hall–Kier alpha value is -1.07. The van der Waals surface area contributed by atoms with Gasteiger partial charge >= 0.3 is 0 Å². The van der Waals surface area contributed by atoms with E-state index in [0.717, 1.165) is 6.42 Å². The number of hydrogen-bond donors (Lipinski definition) is 2. The third-order valence-corrected chi connectivity index (χ3v) is 5.01. The molecule has 0 aliphatic heterocycles. The molecule has 1 saturated carbocycles. The summed E-state index contributed by atoms with van der Waals surface area (Å²) < 4.78 is 27.2. The van der Waals surface area contributed by atoms with Crippen LogP contribution in [0.2, 0.25) is 0 Å². The first-order valence-corrected chi connectivity index (χ1v) is 7.10. The van der Waals surface area contributed by atoms with Crippen molar-refractivity contribution in [3.05, 3.63) is 23.8 Å². The maximum Gasteiger partial charge on any atom is 0.243 e. The highest BCUT2D eigenvalue weighted by molar-refractivity contribution is 7.89. The predicted molar refractivity (Wildman–Crippen MR) is 68.1 cm³/mol. The molecular weight excluding hydrogens is 236 g/mol. The Morgan fingerprint density at radius 1 is 1.41 bits per heavy atom. The van der Waals surface area contributed by atoms with E-state index in [-0.39, 0.29) is 16.4 Å². The predicted octanol–water partition coefficient (Wildman–Crippen LogP) is 1.65. The van der Waals surface area contributed by atoms with E-state index < -0.39 is 10.0 Å². The molecule has 1 aromatic rings. The molecule has 1 atom stereocenters. The fourth-order valence-corrected chi connectivity index (χ4v) is 3.72. The molecule has 3 N–H and O–H groups in total. The van der Waals surface area contributed by atoms with Crippen molar-refractivity contribution in [2.24, 2.45) is 5.41 Å². The zero-order chi connectivity index (χ0) is 12.8. The van der Waals surface area contributed by atoms with Gasteiger partial charge in [0.1, 0.15) is 4.90 Å². The van der Waals surface area contributed by atoms with Crippen molar-refractivity contribution in [1.29, 1.82) is 0 Å². The molecule has 1 fully saturated rings. The van der Waals surface area contributed by atoms with Crippen molar-refractivity contribution in [2.45, 2.75) is 38.1 Å².